The summed E-state index contributed by atoms with van der Waals surface area (Å²) in [4.78, 5) is 175. The van der Waals surface area contributed by atoms with Crippen LogP contribution in [-0.4, -0.2) is 275 Å². The number of aromatic carboxylic acids is 1. The fourth-order valence-corrected chi connectivity index (χ4v) is 17.1. The molecule has 7 rings (SSSR count). The quantitative estimate of drug-likeness (QED) is 0.0243. The van der Waals surface area contributed by atoms with Crippen molar-refractivity contribution in [2.45, 2.75) is 87.5 Å². The smallest absolute Gasteiger partial charge is 0.335 e. The molecule has 0 radical (unpaired) electrons. The molecule has 7 aromatic carbocycles. The molecule has 9 N–H and O–H groups in total. The van der Waals surface area contributed by atoms with Gasteiger partial charge in [0.05, 0.1) is 18.8 Å². The molecule has 0 aliphatic carbocycles. The highest BCUT2D eigenvalue weighted by Crippen LogP contribution is 2.36. The number of aliphatic hydroxyl groups excluding tert-OH is 2. The highest BCUT2D eigenvalue weighted by Gasteiger charge is 2.21. The normalized spacial score (nSPS) is 10.1. The van der Waals surface area contributed by atoms with Gasteiger partial charge >= 0.3 is 5.97 Å². The van der Waals surface area contributed by atoms with E-state index in [9.17, 15) is 67.4 Å². The van der Waals surface area contributed by atoms with Gasteiger partial charge in [0.2, 0.25) is 11.8 Å². The summed E-state index contributed by atoms with van der Waals surface area (Å²) in [6.45, 7) is -0.0871. The van der Waals surface area contributed by atoms with Crippen molar-refractivity contribution in [3.63, 3.8) is 0 Å². The van der Waals surface area contributed by atoms with Crippen LogP contribution in [0, 0.1) is 0 Å². The van der Waals surface area contributed by atoms with E-state index in [2.05, 4.69) is 63.1 Å². The van der Waals surface area contributed by atoms with Crippen molar-refractivity contribution in [1.29, 1.82) is 0 Å². The van der Waals surface area contributed by atoms with Crippen molar-refractivity contribution in [3.8, 4) is 0 Å². The standard InChI is InChI=1S/2C13H17N3O3S2.C13H16N2O4S2.C13H18N2O3S2.C12H17N3O2S2.C7H8OS2.C7H8S3/c2*1-15(2)12(18)20-9-5-8(11(14)17)6-10(7-9)21-13(19)16(3)4;1-14(2)12(18)20-9-5-8(11(16)17)6-10(7-9)21-13(19)15(3)4;1-14(2)12(17)19-10-5-9(8-16)6-11(7-10)20-13(18)15(3)4;1-14(2)11(16)18-9-5-8(13)6-10(7-9)19-12(17)15(3)4;2*8-4-5-1-6(9)3-7(10)2-5/h2*5-7H,1-4H3,(H2,14,17);5-7H,1-4H3,(H,16,17);5-7,16H,8H2,1-4H3;5-7H,13H2,1-4H3;2*1-3,8-10H,4H2. The van der Waals surface area contributed by atoms with E-state index in [1.165, 1.54) is 61.1 Å². The van der Waals surface area contributed by atoms with Gasteiger partial charge in [-0.15, -0.1) is 50.5 Å². The van der Waals surface area contributed by atoms with Crippen LogP contribution in [0.15, 0.2) is 196 Å². The Morgan fingerprint density at radius 3 is 0.590 bits per heavy atom. The molecule has 0 saturated heterocycles. The van der Waals surface area contributed by atoms with Gasteiger partial charge in [-0.25, -0.2) is 4.79 Å². The molecule has 0 bridgehead atoms. The second-order valence-electron chi connectivity index (χ2n) is 26.5. The number of nitrogens with zero attached hydrogens (tertiary/aromatic N) is 10. The zero-order valence-electron chi connectivity index (χ0n) is 70.4. The van der Waals surface area contributed by atoms with E-state index in [1.807, 2.05) is 36.4 Å². The summed E-state index contributed by atoms with van der Waals surface area (Å²) in [5, 5.41) is 25.6. The lowest BCUT2D eigenvalue weighted by Crippen LogP contribution is -2.17. The van der Waals surface area contributed by atoms with E-state index in [-0.39, 0.29) is 82.3 Å². The number of aliphatic hydroxyl groups is 2. The van der Waals surface area contributed by atoms with Crippen molar-refractivity contribution in [3.05, 3.63) is 161 Å². The lowest BCUT2D eigenvalue weighted by atomic mass is 10.2. The summed E-state index contributed by atoms with van der Waals surface area (Å²) >= 11 is 30.8. The predicted molar refractivity (Wildman–Crippen MR) is 516 cm³/mol. The third-order valence-electron chi connectivity index (χ3n) is 13.5. The SMILES string of the molecule is CN(C)C(=O)Sc1cc(CO)cc(SC(=O)N(C)C)c1.CN(C)C(=O)Sc1cc(N)cc(SC(=O)N(C)C)c1.CN(C)C(=O)Sc1cc(SC(=O)N(C)C)cc(C(=O)O)c1.CN(C)C(=O)Sc1cc(SC(=O)N(C)C)cc(C(N)=O)c1.CN(C)C(=O)Sc1cc(SC(=O)N(C)C)cc(C(N)=O)c1.OCc1cc(S)cc(S)c1.SCc1cc(S)cc(S)c1. The second kappa shape index (κ2) is 57.3. The molecule has 0 spiro atoms. The first kappa shape index (κ1) is 113. The molecule has 7 aromatic rings. The monoisotopic (exact) mass is 1960 g/mol. The maximum atomic E-state index is 11.7. The lowest BCUT2D eigenvalue weighted by Gasteiger charge is -2.12. The molecule has 0 atom stereocenters. The zero-order chi connectivity index (χ0) is 93.4. The van der Waals surface area contributed by atoms with Crippen LogP contribution in [0.4, 0.5) is 53.6 Å². The molecule has 0 heterocycles. The van der Waals surface area contributed by atoms with E-state index >= 15 is 0 Å². The summed E-state index contributed by atoms with van der Waals surface area (Å²) in [5.74, 6) is -1.57. The van der Waals surface area contributed by atoms with Crippen LogP contribution in [0.3, 0.4) is 0 Å². The molecule has 0 fully saturated rings. The minimum Gasteiger partial charge on any atom is -0.478 e. The lowest BCUT2D eigenvalue weighted by molar-refractivity contribution is 0.0695. The Morgan fingerprint density at radius 1 is 0.262 bits per heavy atom. The summed E-state index contributed by atoms with van der Waals surface area (Å²) in [6, 6.07) is 35.8. The van der Waals surface area contributed by atoms with Crippen LogP contribution in [0.5, 0.6) is 0 Å². The van der Waals surface area contributed by atoms with Crippen molar-refractivity contribution < 1.29 is 77.6 Å². The molecular weight excluding hydrogens is 1860 g/mol. The van der Waals surface area contributed by atoms with Gasteiger partial charge in [-0.2, -0.15) is 12.6 Å². The van der Waals surface area contributed by atoms with Crippen LogP contribution in [0.1, 0.15) is 47.8 Å². The number of carboxylic acid groups (broad SMARTS) is 1. The number of amides is 12. The number of rotatable bonds is 16. The first-order valence-electron chi connectivity index (χ1n) is 34.8. The molecule has 29 nitrogen and oxygen atoms in total. The van der Waals surface area contributed by atoms with E-state index in [0.29, 0.717) is 50.4 Å². The Kier molecular flexibility index (Phi) is 52.9. The fourth-order valence-electron chi connectivity index (χ4n) is 7.44. The minimum atomic E-state index is -1.10. The Morgan fingerprint density at radius 2 is 0.426 bits per heavy atom. The van der Waals surface area contributed by atoms with Gasteiger partial charge in [-0.3, -0.25) is 57.5 Å². The fraction of sp³-hybridized carbons (Fsp3) is 0.295. The van der Waals surface area contributed by atoms with Crippen LogP contribution < -0.4 is 17.2 Å². The molecule has 664 valence electrons. The minimum absolute atomic E-state index is 0.0422. The number of carboxylic acids is 1. The molecule has 12 amide bonds. The average Bonchev–Trinajstić information content (AvgIpc) is 0.841. The summed E-state index contributed by atoms with van der Waals surface area (Å²) in [6.07, 6.45) is 0. The van der Waals surface area contributed by atoms with Crippen molar-refractivity contribution >= 4 is 257 Å². The summed E-state index contributed by atoms with van der Waals surface area (Å²) < 4.78 is 0. The zero-order valence-corrected chi connectivity index (χ0v) is 83.1. The van der Waals surface area contributed by atoms with Gasteiger partial charge in [0.1, 0.15) is 0 Å². The van der Waals surface area contributed by atoms with E-state index < -0.39 is 17.8 Å². The molecule has 0 aliphatic rings. The van der Waals surface area contributed by atoms with Crippen molar-refractivity contribution in [1.82, 2.24) is 49.0 Å². The van der Waals surface area contributed by atoms with Crippen molar-refractivity contribution in [2.75, 3.05) is 147 Å². The number of thiol groups is 5. The highest BCUT2D eigenvalue weighted by atomic mass is 32.2. The topological polar surface area (TPSA) is 393 Å². The molecule has 44 heteroatoms. The van der Waals surface area contributed by atoms with E-state index in [1.54, 1.807) is 220 Å². The molecule has 0 aromatic heterocycles. The Labute approximate surface area is 782 Å². The molecule has 0 aliphatic heterocycles. The van der Waals surface area contributed by atoms with Gasteiger partial charge < -0.3 is 81.5 Å². The highest BCUT2D eigenvalue weighted by molar-refractivity contribution is 8.16. The number of nitrogens with two attached hydrogens (primary N) is 3. The van der Waals surface area contributed by atoms with Gasteiger partial charge in [-0.1, -0.05) is 0 Å². The molecule has 122 heavy (non-hydrogen) atoms. The second-order valence-corrected chi connectivity index (χ2v) is 39.1. The van der Waals surface area contributed by atoms with Crippen molar-refractivity contribution in [2.24, 2.45) is 11.5 Å². The Bertz CT molecular complexity index is 4280. The number of nitrogen functional groups attached to an aromatic ring is 1. The average molecular weight is 1960 g/mol. The van der Waals surface area contributed by atoms with E-state index in [4.69, 9.17) is 27.4 Å². The van der Waals surface area contributed by atoms with Crippen LogP contribution in [0.25, 0.3) is 0 Å². The Balaban J connectivity index is 0.000000722. The predicted octanol–water partition coefficient (Wildman–Crippen LogP) is 17.6. The van der Waals surface area contributed by atoms with Crippen LogP contribution in [0.2, 0.25) is 0 Å². The maximum Gasteiger partial charge on any atom is 0.335 e. The van der Waals surface area contributed by atoms with Gasteiger partial charge in [0, 0.05) is 232 Å². The number of anilines is 1. The number of primary amides is 2. The maximum absolute atomic E-state index is 11.7. The molecular formula is C78H101N13O16S15. The number of carbonyl (C=O) groups is 13. The third-order valence-corrected chi connectivity index (χ3v) is 25.0. The first-order chi connectivity index (χ1) is 56.7. The summed E-state index contributed by atoms with van der Waals surface area (Å²) in [5.41, 5.74) is 20.1. The van der Waals surface area contributed by atoms with E-state index in [0.717, 1.165) is 164 Å². The van der Waals surface area contributed by atoms with Gasteiger partial charge in [0.25, 0.3) is 52.4 Å². The first-order valence-corrected chi connectivity index (χ1v) is 45.4. The third kappa shape index (κ3) is 46.0. The van der Waals surface area contributed by atoms with Gasteiger partial charge in [-0.05, 0) is 262 Å². The Hall–Kier alpha value is -7.38. The largest absolute Gasteiger partial charge is 0.478 e. The van der Waals surface area contributed by atoms with Gasteiger partial charge in [0.15, 0.2) is 0 Å². The van der Waals surface area contributed by atoms with Crippen LogP contribution in [-0.2, 0) is 19.0 Å². The number of hydrogen-bond donors (Lipinski definition) is 11. The number of benzene rings is 7. The number of carbonyl (C=O) groups excluding carboxylic acids is 12. The number of hydrogen-bond acceptors (Lipinski definition) is 31. The molecule has 0 unspecified atom stereocenters. The number of thioether (sulfide) groups is 10. The van der Waals surface area contributed by atoms with Crippen LogP contribution >= 0.6 is 181 Å². The summed E-state index contributed by atoms with van der Waals surface area (Å²) in [7, 11) is 33.0. The molecule has 0 saturated carbocycles.